The van der Waals surface area contributed by atoms with E-state index in [2.05, 4.69) is 43.0 Å². The van der Waals surface area contributed by atoms with Crippen LogP contribution in [-0.2, 0) is 0 Å². The Labute approximate surface area is 222 Å². The Bertz CT molecular complexity index is 446. The molecule has 0 aromatic carbocycles. The third kappa shape index (κ3) is 19.2. The van der Waals surface area contributed by atoms with Crippen molar-refractivity contribution >= 4 is 0 Å². The van der Waals surface area contributed by atoms with E-state index >= 15 is 0 Å². The molecule has 35 heavy (non-hydrogen) atoms. The van der Waals surface area contributed by atoms with Crippen LogP contribution in [0.4, 0.5) is 0 Å². The lowest BCUT2D eigenvalue weighted by Gasteiger charge is -2.30. The summed E-state index contributed by atoms with van der Waals surface area (Å²) in [5.74, 6) is 0. The van der Waals surface area contributed by atoms with Gasteiger partial charge in [-0.05, 0) is 19.8 Å². The molecule has 0 spiro atoms. The number of hydrogen-bond acceptors (Lipinski definition) is 2. The lowest BCUT2D eigenvalue weighted by molar-refractivity contribution is 0.165. The normalized spacial score (nSPS) is 15.6. The molecular formula is C33H66N2. The Kier molecular flexibility index (Phi) is 23.1. The minimum atomic E-state index is 0.570. The van der Waals surface area contributed by atoms with E-state index in [9.17, 15) is 0 Å². The van der Waals surface area contributed by atoms with Crippen LogP contribution >= 0.6 is 0 Å². The van der Waals surface area contributed by atoms with Crippen molar-refractivity contribution in [3.05, 3.63) is 12.4 Å². The van der Waals surface area contributed by atoms with Crippen LogP contribution in [0.5, 0.6) is 0 Å². The second kappa shape index (κ2) is 25.0. The molecule has 208 valence electrons. The first-order valence-electron chi connectivity index (χ1n) is 16.5. The van der Waals surface area contributed by atoms with E-state index in [-0.39, 0.29) is 0 Å². The van der Waals surface area contributed by atoms with Crippen LogP contribution in [0.2, 0.25) is 0 Å². The van der Waals surface area contributed by atoms with E-state index in [1.165, 1.54) is 174 Å². The second-order valence-electron chi connectivity index (χ2n) is 11.5. The van der Waals surface area contributed by atoms with Crippen molar-refractivity contribution in [2.75, 3.05) is 13.1 Å². The fraction of sp³-hybridized carbons (Fsp3) is 0.939. The Morgan fingerprint density at radius 2 is 0.600 bits per heavy atom. The topological polar surface area (TPSA) is 6.48 Å². The molecule has 0 amide bonds. The van der Waals surface area contributed by atoms with Gasteiger partial charge in [-0.25, -0.2) is 0 Å². The van der Waals surface area contributed by atoms with Crippen LogP contribution in [0, 0.1) is 0 Å². The van der Waals surface area contributed by atoms with Crippen molar-refractivity contribution in [1.29, 1.82) is 0 Å². The van der Waals surface area contributed by atoms with Gasteiger partial charge >= 0.3 is 0 Å². The van der Waals surface area contributed by atoms with Crippen molar-refractivity contribution in [2.24, 2.45) is 0 Å². The molecule has 0 aromatic heterocycles. The van der Waals surface area contributed by atoms with E-state index < -0.39 is 0 Å². The standard InChI is InChI=1S/C33H66N2/c1-4-6-8-10-12-14-15-16-17-18-19-20-21-22-24-26-28-30-35-32-31-34(33(35)3)29-27-25-23-13-11-9-7-5-2/h31-33H,4-30H2,1-3H3. The molecule has 0 radical (unpaired) electrons. The molecule has 0 aliphatic carbocycles. The van der Waals surface area contributed by atoms with Gasteiger partial charge in [-0.2, -0.15) is 0 Å². The van der Waals surface area contributed by atoms with Crippen LogP contribution in [0.1, 0.15) is 181 Å². The van der Waals surface area contributed by atoms with E-state index in [4.69, 9.17) is 0 Å². The largest absolute Gasteiger partial charge is 0.356 e. The fourth-order valence-corrected chi connectivity index (χ4v) is 5.58. The second-order valence-corrected chi connectivity index (χ2v) is 11.5. The van der Waals surface area contributed by atoms with Gasteiger partial charge in [-0.1, -0.05) is 162 Å². The number of hydrogen-bond donors (Lipinski definition) is 0. The summed E-state index contributed by atoms with van der Waals surface area (Å²) in [6, 6.07) is 0. The summed E-state index contributed by atoms with van der Waals surface area (Å²) in [7, 11) is 0. The van der Waals surface area contributed by atoms with Crippen molar-refractivity contribution in [2.45, 2.75) is 187 Å². The van der Waals surface area contributed by atoms with Gasteiger partial charge in [0.25, 0.3) is 0 Å². The summed E-state index contributed by atoms with van der Waals surface area (Å²) in [5, 5.41) is 0. The number of unbranched alkanes of at least 4 members (excludes halogenated alkanes) is 23. The molecule has 2 heteroatoms. The first-order valence-corrected chi connectivity index (χ1v) is 16.5. The highest BCUT2D eigenvalue weighted by Gasteiger charge is 2.20. The molecule has 0 saturated carbocycles. The summed E-state index contributed by atoms with van der Waals surface area (Å²) < 4.78 is 0. The summed E-state index contributed by atoms with van der Waals surface area (Å²) >= 11 is 0. The van der Waals surface area contributed by atoms with Crippen LogP contribution in [0.25, 0.3) is 0 Å². The van der Waals surface area contributed by atoms with Crippen molar-refractivity contribution in [3.63, 3.8) is 0 Å². The monoisotopic (exact) mass is 491 g/mol. The van der Waals surface area contributed by atoms with Gasteiger partial charge in [0.1, 0.15) is 0 Å². The fourth-order valence-electron chi connectivity index (χ4n) is 5.58. The van der Waals surface area contributed by atoms with Crippen molar-refractivity contribution < 1.29 is 0 Å². The summed E-state index contributed by atoms with van der Waals surface area (Å²) in [4.78, 5) is 5.13. The molecule has 0 aromatic rings. The third-order valence-electron chi connectivity index (χ3n) is 8.20. The lowest BCUT2D eigenvalue weighted by atomic mass is 10.0. The van der Waals surface area contributed by atoms with Crippen molar-refractivity contribution in [1.82, 2.24) is 9.80 Å². The number of nitrogens with zero attached hydrogens (tertiary/aromatic N) is 2. The molecule has 1 atom stereocenters. The van der Waals surface area contributed by atoms with Gasteiger partial charge in [0.05, 0.1) is 6.17 Å². The maximum atomic E-state index is 2.57. The zero-order valence-corrected chi connectivity index (χ0v) is 24.7. The summed E-state index contributed by atoms with van der Waals surface area (Å²) in [5.41, 5.74) is 0. The molecule has 0 bridgehead atoms. The zero-order valence-electron chi connectivity index (χ0n) is 24.7. The van der Waals surface area contributed by atoms with E-state index in [0.717, 1.165) is 0 Å². The van der Waals surface area contributed by atoms with E-state index in [1.807, 2.05) is 0 Å². The Balaban J connectivity index is 1.81. The SMILES string of the molecule is CCCCCCCCCCCCCCCCCCCN1C=CN(CCCCCCCCCC)C1C. The Hall–Kier alpha value is -0.660. The van der Waals surface area contributed by atoms with Crippen molar-refractivity contribution in [3.8, 4) is 0 Å². The Morgan fingerprint density at radius 3 is 0.857 bits per heavy atom. The minimum Gasteiger partial charge on any atom is -0.356 e. The van der Waals surface area contributed by atoms with Gasteiger partial charge in [0.15, 0.2) is 0 Å². The van der Waals surface area contributed by atoms with Crippen LogP contribution in [0.15, 0.2) is 12.4 Å². The first-order chi connectivity index (χ1) is 17.3. The molecule has 0 N–H and O–H groups in total. The van der Waals surface area contributed by atoms with Gasteiger partial charge in [-0.15, -0.1) is 0 Å². The highest BCUT2D eigenvalue weighted by molar-refractivity contribution is 4.95. The predicted octanol–water partition coefficient (Wildman–Crippen LogP) is 11.2. The van der Waals surface area contributed by atoms with E-state index in [0.29, 0.717) is 6.17 Å². The molecule has 1 unspecified atom stereocenters. The molecule has 1 heterocycles. The quantitative estimate of drug-likeness (QED) is 0.106. The van der Waals surface area contributed by atoms with Gasteiger partial charge in [0.2, 0.25) is 0 Å². The average molecular weight is 491 g/mol. The minimum absolute atomic E-state index is 0.570. The van der Waals surface area contributed by atoms with Gasteiger partial charge < -0.3 is 9.80 Å². The number of rotatable bonds is 27. The maximum absolute atomic E-state index is 2.57. The molecule has 1 aliphatic heterocycles. The Morgan fingerprint density at radius 1 is 0.371 bits per heavy atom. The molecular weight excluding hydrogens is 424 g/mol. The molecule has 0 fully saturated rings. The summed E-state index contributed by atoms with van der Waals surface area (Å²) in [6.07, 6.45) is 41.2. The first kappa shape index (κ1) is 32.4. The molecule has 2 nitrogen and oxygen atoms in total. The van der Waals surface area contributed by atoms with Crippen LogP contribution in [0.3, 0.4) is 0 Å². The predicted molar refractivity (Wildman–Crippen MR) is 159 cm³/mol. The zero-order chi connectivity index (χ0) is 25.2. The molecule has 0 saturated heterocycles. The highest BCUT2D eigenvalue weighted by atomic mass is 15.4. The van der Waals surface area contributed by atoms with Crippen LogP contribution in [-0.4, -0.2) is 29.1 Å². The third-order valence-corrected chi connectivity index (χ3v) is 8.20. The molecule has 1 rings (SSSR count). The maximum Gasteiger partial charge on any atom is 0.0977 e. The van der Waals surface area contributed by atoms with Gasteiger partial charge in [-0.3, -0.25) is 0 Å². The smallest absolute Gasteiger partial charge is 0.0977 e. The lowest BCUT2D eigenvalue weighted by Crippen LogP contribution is -2.36. The highest BCUT2D eigenvalue weighted by Crippen LogP contribution is 2.19. The molecule has 1 aliphatic rings. The van der Waals surface area contributed by atoms with Crippen LogP contribution < -0.4 is 0 Å². The van der Waals surface area contributed by atoms with Gasteiger partial charge in [0, 0.05) is 25.5 Å². The summed E-state index contributed by atoms with van der Waals surface area (Å²) in [6.45, 7) is 9.47. The van der Waals surface area contributed by atoms with E-state index in [1.54, 1.807) is 0 Å². The average Bonchev–Trinajstić information content (AvgIpc) is 3.21.